The van der Waals surface area contributed by atoms with Crippen molar-refractivity contribution in [3.63, 3.8) is 0 Å². The van der Waals surface area contributed by atoms with E-state index in [0.29, 0.717) is 23.7 Å². The number of carbonyl (C=O) groups is 1. The molecule has 0 aliphatic heterocycles. The Hall–Kier alpha value is -3.48. The van der Waals surface area contributed by atoms with Crippen LogP contribution in [-0.2, 0) is 13.6 Å². The zero-order chi connectivity index (χ0) is 21.0. The van der Waals surface area contributed by atoms with Crippen molar-refractivity contribution >= 4 is 5.91 Å². The largest absolute Gasteiger partial charge is 0.496 e. The van der Waals surface area contributed by atoms with Gasteiger partial charge in [0, 0.05) is 19.2 Å². The number of aryl methyl sites for hydroxylation is 2. The summed E-state index contributed by atoms with van der Waals surface area (Å²) in [5.41, 5.74) is 4.10. The van der Waals surface area contributed by atoms with Gasteiger partial charge in [0.1, 0.15) is 5.75 Å². The van der Waals surface area contributed by atoms with Crippen molar-refractivity contribution < 1.29 is 19.0 Å². The number of carbonyl (C=O) groups excluding carboxylic acids is 1. The molecule has 3 aromatic rings. The number of nitrogens with one attached hydrogen (secondary N) is 1. The predicted molar refractivity (Wildman–Crippen MR) is 111 cm³/mol. The fraction of sp³-hybridized carbons (Fsp3) is 0.273. The van der Waals surface area contributed by atoms with E-state index >= 15 is 0 Å². The fourth-order valence-corrected chi connectivity index (χ4v) is 3.15. The number of hydrogen-bond donors (Lipinski definition) is 1. The normalized spacial score (nSPS) is 10.5. The molecule has 7 nitrogen and oxygen atoms in total. The fourth-order valence-electron chi connectivity index (χ4n) is 3.15. The number of rotatable bonds is 7. The number of benzene rings is 2. The van der Waals surface area contributed by atoms with E-state index in [9.17, 15) is 4.79 Å². The van der Waals surface area contributed by atoms with E-state index < -0.39 is 0 Å². The maximum Gasteiger partial charge on any atom is 0.272 e. The average molecular weight is 395 g/mol. The van der Waals surface area contributed by atoms with Gasteiger partial charge in [0.15, 0.2) is 17.2 Å². The molecule has 3 rings (SSSR count). The lowest BCUT2D eigenvalue weighted by molar-refractivity contribution is 0.0945. The molecule has 1 heterocycles. The standard InChI is InChI=1S/C22H25N3O4/c1-14-10-16(7-9-19(14)27-3)18-12-17(24-25(18)2)22(26)23-13-15-6-8-20(28-4)21(11-15)29-5/h6-12H,13H2,1-5H3,(H,23,26). The van der Waals surface area contributed by atoms with Gasteiger partial charge in [-0.2, -0.15) is 5.10 Å². The number of hydrogen-bond acceptors (Lipinski definition) is 5. The minimum Gasteiger partial charge on any atom is -0.496 e. The minimum absolute atomic E-state index is 0.244. The average Bonchev–Trinajstić information content (AvgIpc) is 3.13. The Bertz CT molecular complexity index is 1030. The maximum atomic E-state index is 12.6. The van der Waals surface area contributed by atoms with Crippen molar-refractivity contribution in [2.75, 3.05) is 21.3 Å². The molecule has 1 amide bonds. The van der Waals surface area contributed by atoms with Crippen molar-refractivity contribution in [3.05, 3.63) is 59.3 Å². The number of ether oxygens (including phenoxy) is 3. The van der Waals surface area contributed by atoms with Crippen molar-refractivity contribution in [1.82, 2.24) is 15.1 Å². The van der Waals surface area contributed by atoms with Gasteiger partial charge in [-0.05, 0) is 54.4 Å². The Kier molecular flexibility index (Phi) is 6.07. The van der Waals surface area contributed by atoms with Crippen LogP contribution in [0, 0.1) is 6.92 Å². The molecule has 0 aliphatic rings. The van der Waals surface area contributed by atoms with E-state index in [1.165, 1.54) is 0 Å². The lowest BCUT2D eigenvalue weighted by atomic mass is 10.1. The Labute approximate surface area is 170 Å². The summed E-state index contributed by atoms with van der Waals surface area (Å²) < 4.78 is 17.5. The van der Waals surface area contributed by atoms with Crippen LogP contribution in [0.25, 0.3) is 11.3 Å². The molecule has 0 spiro atoms. The molecule has 7 heteroatoms. The van der Waals surface area contributed by atoms with Crippen LogP contribution in [0.3, 0.4) is 0 Å². The second kappa shape index (κ2) is 8.68. The molecule has 0 saturated carbocycles. The second-order valence-corrected chi connectivity index (χ2v) is 6.59. The number of nitrogens with zero attached hydrogens (tertiary/aromatic N) is 2. The first-order valence-corrected chi connectivity index (χ1v) is 9.15. The molecule has 0 radical (unpaired) electrons. The Balaban J connectivity index is 1.74. The molecule has 0 atom stereocenters. The highest BCUT2D eigenvalue weighted by molar-refractivity contribution is 5.93. The Morgan fingerprint density at radius 3 is 2.31 bits per heavy atom. The van der Waals surface area contributed by atoms with Gasteiger partial charge < -0.3 is 19.5 Å². The molecular formula is C22H25N3O4. The van der Waals surface area contributed by atoms with Crippen molar-refractivity contribution in [2.24, 2.45) is 7.05 Å². The van der Waals surface area contributed by atoms with Gasteiger partial charge in [-0.3, -0.25) is 9.48 Å². The van der Waals surface area contributed by atoms with Gasteiger partial charge in [-0.1, -0.05) is 6.07 Å². The van der Waals surface area contributed by atoms with Crippen molar-refractivity contribution in [3.8, 4) is 28.5 Å². The molecule has 2 aromatic carbocycles. The first kappa shape index (κ1) is 20.3. The van der Waals surface area contributed by atoms with E-state index in [1.54, 1.807) is 32.1 Å². The van der Waals surface area contributed by atoms with E-state index in [1.807, 2.05) is 50.4 Å². The van der Waals surface area contributed by atoms with Crippen LogP contribution in [0.1, 0.15) is 21.6 Å². The lowest BCUT2D eigenvalue weighted by Gasteiger charge is -2.10. The molecule has 0 bridgehead atoms. The van der Waals surface area contributed by atoms with E-state index in [2.05, 4.69) is 10.4 Å². The molecular weight excluding hydrogens is 370 g/mol. The summed E-state index contributed by atoms with van der Waals surface area (Å²) in [6, 6.07) is 13.2. The first-order chi connectivity index (χ1) is 14.0. The van der Waals surface area contributed by atoms with E-state index in [-0.39, 0.29) is 5.91 Å². The molecule has 1 aromatic heterocycles. The summed E-state index contributed by atoms with van der Waals surface area (Å²) in [6.45, 7) is 2.34. The smallest absolute Gasteiger partial charge is 0.272 e. The molecule has 0 saturated heterocycles. The van der Waals surface area contributed by atoms with Gasteiger partial charge in [-0.25, -0.2) is 0 Å². The molecule has 152 valence electrons. The van der Waals surface area contributed by atoms with Crippen molar-refractivity contribution in [2.45, 2.75) is 13.5 Å². The lowest BCUT2D eigenvalue weighted by Crippen LogP contribution is -2.23. The quantitative estimate of drug-likeness (QED) is 0.664. The molecule has 29 heavy (non-hydrogen) atoms. The van der Waals surface area contributed by atoms with Crippen LogP contribution in [0.5, 0.6) is 17.2 Å². The first-order valence-electron chi connectivity index (χ1n) is 9.15. The van der Waals surface area contributed by atoms with E-state index in [4.69, 9.17) is 14.2 Å². The Morgan fingerprint density at radius 2 is 1.66 bits per heavy atom. The second-order valence-electron chi connectivity index (χ2n) is 6.59. The van der Waals surface area contributed by atoms with Gasteiger partial charge in [0.05, 0.1) is 27.0 Å². The third kappa shape index (κ3) is 4.34. The van der Waals surface area contributed by atoms with Crippen LogP contribution in [0.4, 0.5) is 0 Å². The van der Waals surface area contributed by atoms with Crippen LogP contribution >= 0.6 is 0 Å². The van der Waals surface area contributed by atoms with Crippen LogP contribution < -0.4 is 19.5 Å². The SMILES string of the molecule is COc1ccc(-c2cc(C(=O)NCc3ccc(OC)c(OC)c3)nn2C)cc1C. The van der Waals surface area contributed by atoms with E-state index in [0.717, 1.165) is 28.1 Å². The molecule has 0 aliphatic carbocycles. The summed E-state index contributed by atoms with van der Waals surface area (Å²) in [5.74, 6) is 1.84. The maximum absolute atomic E-state index is 12.6. The zero-order valence-electron chi connectivity index (χ0n) is 17.3. The number of methoxy groups -OCH3 is 3. The van der Waals surface area contributed by atoms with Gasteiger partial charge in [0.2, 0.25) is 0 Å². The number of aromatic nitrogens is 2. The topological polar surface area (TPSA) is 74.6 Å². The summed E-state index contributed by atoms with van der Waals surface area (Å²) in [7, 11) is 6.63. The zero-order valence-corrected chi connectivity index (χ0v) is 17.3. The Morgan fingerprint density at radius 1 is 0.966 bits per heavy atom. The predicted octanol–water partition coefficient (Wildman–Crippen LogP) is 3.35. The molecule has 0 fully saturated rings. The van der Waals surface area contributed by atoms with Gasteiger partial charge in [0.25, 0.3) is 5.91 Å². The van der Waals surface area contributed by atoms with Crippen LogP contribution in [0.15, 0.2) is 42.5 Å². The van der Waals surface area contributed by atoms with Crippen molar-refractivity contribution in [1.29, 1.82) is 0 Å². The summed E-state index contributed by atoms with van der Waals surface area (Å²) in [5, 5.41) is 7.26. The third-order valence-electron chi connectivity index (χ3n) is 4.70. The molecule has 1 N–H and O–H groups in total. The minimum atomic E-state index is -0.244. The van der Waals surface area contributed by atoms with Gasteiger partial charge in [-0.15, -0.1) is 0 Å². The summed E-state index contributed by atoms with van der Waals surface area (Å²) in [4.78, 5) is 12.6. The third-order valence-corrected chi connectivity index (χ3v) is 4.70. The van der Waals surface area contributed by atoms with Crippen LogP contribution in [0.2, 0.25) is 0 Å². The summed E-state index contributed by atoms with van der Waals surface area (Å²) >= 11 is 0. The highest BCUT2D eigenvalue weighted by atomic mass is 16.5. The van der Waals surface area contributed by atoms with Gasteiger partial charge >= 0.3 is 0 Å². The monoisotopic (exact) mass is 395 g/mol. The highest BCUT2D eigenvalue weighted by Crippen LogP contribution is 2.28. The molecule has 0 unspecified atom stereocenters. The van der Waals surface area contributed by atoms with Crippen LogP contribution in [-0.4, -0.2) is 37.0 Å². The number of amides is 1. The highest BCUT2D eigenvalue weighted by Gasteiger charge is 2.15. The summed E-state index contributed by atoms with van der Waals surface area (Å²) in [6.07, 6.45) is 0.